The molecule has 2 saturated heterocycles. The zero-order valence-electron chi connectivity index (χ0n) is 26.8. The summed E-state index contributed by atoms with van der Waals surface area (Å²) in [5.41, 5.74) is 3.66. The molecule has 2 heterocycles. The van der Waals surface area contributed by atoms with Gasteiger partial charge in [-0.25, -0.2) is 0 Å². The number of hydrogen-bond acceptors (Lipinski definition) is 9. The van der Waals surface area contributed by atoms with Crippen molar-refractivity contribution in [2.45, 2.75) is 17.7 Å². The predicted octanol–water partition coefficient (Wildman–Crippen LogP) is -1.78. The van der Waals surface area contributed by atoms with Crippen LogP contribution >= 0.6 is 0 Å². The molecule has 0 unspecified atom stereocenters. The summed E-state index contributed by atoms with van der Waals surface area (Å²) in [4.78, 5) is 15.6. The molecule has 46 heavy (non-hydrogen) atoms. The van der Waals surface area contributed by atoms with Gasteiger partial charge in [0.2, 0.25) is 0 Å². The fraction of sp³-hybridized carbons (Fsp3) is 0.206. The molecule has 12 heteroatoms. The summed E-state index contributed by atoms with van der Waals surface area (Å²) in [6, 6.07) is 43.4. The molecule has 2 fully saturated rings. The van der Waals surface area contributed by atoms with Crippen molar-refractivity contribution in [2.75, 3.05) is 26.2 Å². The van der Waals surface area contributed by atoms with E-state index in [-0.39, 0.29) is 94.5 Å². The maximum Gasteiger partial charge on any atom is 1.00 e. The molecule has 0 radical (unpaired) electrons. The number of rotatable bonds is 6. The fourth-order valence-electron chi connectivity index (χ4n) is 5.24. The van der Waals surface area contributed by atoms with Crippen molar-refractivity contribution in [3.05, 3.63) is 150 Å². The number of ketones is 1. The summed E-state index contributed by atoms with van der Waals surface area (Å²) in [6.07, 6.45) is 0. The van der Waals surface area contributed by atoms with Crippen LogP contribution in [0.2, 0.25) is 0 Å². The molecule has 1 N–H and O–H groups in total. The Balaban J connectivity index is 0.000000734. The fourth-order valence-corrected chi connectivity index (χ4v) is 5.24. The smallest absolute Gasteiger partial charge is 1.00 e. The van der Waals surface area contributed by atoms with Crippen molar-refractivity contribution in [1.29, 1.82) is 10.5 Å². The summed E-state index contributed by atoms with van der Waals surface area (Å²) in [7, 11) is -3.11. The molecule has 0 atom stereocenters. The molecule has 0 aliphatic carbocycles. The largest absolute Gasteiger partial charge is 1.00 e. The third-order valence-electron chi connectivity index (χ3n) is 7.09. The number of β-amino-alcohol motifs (C(OH)–C–C–N with tert-alkyl or cyclic N) is 1. The molecule has 9 nitrogen and oxygen atoms in total. The molecule has 226 valence electrons. The Kier molecular flexibility index (Phi) is 19.5. The maximum atomic E-state index is 11.2. The number of hydrogen-bond donors (Lipinski definition) is 1. The Hall–Kier alpha value is -2.33. The minimum Gasteiger partial charge on any atom is -1.00 e. The third kappa shape index (κ3) is 12.4. The van der Waals surface area contributed by atoms with Crippen LogP contribution in [-0.4, -0.2) is 65.1 Å². The maximum absolute atomic E-state index is 11.2. The van der Waals surface area contributed by atoms with Gasteiger partial charge in [-0.3, -0.25) is 14.6 Å². The van der Waals surface area contributed by atoms with Gasteiger partial charge in [0.15, 0.2) is 11.4 Å². The van der Waals surface area contributed by atoms with Crippen molar-refractivity contribution in [1.82, 2.24) is 9.80 Å². The predicted molar refractivity (Wildman–Crippen MR) is 164 cm³/mol. The molecule has 4 aromatic carbocycles. The van der Waals surface area contributed by atoms with Gasteiger partial charge in [0.25, 0.3) is 0 Å². The van der Waals surface area contributed by atoms with Crippen LogP contribution in [0.25, 0.3) is 0 Å². The van der Waals surface area contributed by atoms with Gasteiger partial charge in [-0.2, -0.15) is 5.26 Å². The van der Waals surface area contributed by atoms with E-state index < -0.39 is 16.2 Å². The minimum absolute atomic E-state index is 0. The van der Waals surface area contributed by atoms with Crippen LogP contribution < -0.4 is 80.9 Å². The van der Waals surface area contributed by atoms with E-state index in [0.29, 0.717) is 32.0 Å². The molecule has 4 aromatic rings. The topological polar surface area (TPSA) is 143 Å². The Labute approximate surface area is 337 Å². The van der Waals surface area contributed by atoms with Crippen molar-refractivity contribution < 1.29 is 105 Å². The third-order valence-corrected chi connectivity index (χ3v) is 7.09. The molecule has 0 spiro atoms. The Morgan fingerprint density at radius 1 is 0.674 bits per heavy atom. The van der Waals surface area contributed by atoms with E-state index in [9.17, 15) is 9.90 Å². The summed E-state index contributed by atoms with van der Waals surface area (Å²) in [5, 5.41) is 25.1. The van der Waals surface area contributed by atoms with Gasteiger partial charge >= 0.3 is 91.6 Å². The quantitative estimate of drug-likeness (QED) is 0.143. The second kappa shape index (κ2) is 21.5. The van der Waals surface area contributed by atoms with Gasteiger partial charge < -0.3 is 18.4 Å². The first-order valence-electron chi connectivity index (χ1n) is 13.6. The van der Waals surface area contributed by atoms with Crippen LogP contribution in [0.3, 0.4) is 0 Å². The summed E-state index contributed by atoms with van der Waals surface area (Å²) in [5.74, 6) is 0.326. The summed E-state index contributed by atoms with van der Waals surface area (Å²) >= 11 is 0. The normalized spacial score (nSPS) is 14.3. The van der Waals surface area contributed by atoms with Crippen molar-refractivity contribution in [3.8, 4) is 6.07 Å². The van der Waals surface area contributed by atoms with Crippen LogP contribution in [0.5, 0.6) is 0 Å². The minimum atomic E-state index is -3.11. The van der Waals surface area contributed by atoms with E-state index in [1.165, 1.54) is 22.3 Å². The number of carbonyl (C=O) groups is 1. The number of aliphatic hydroxyl groups is 1. The number of Topliss-reactive ketones (excluding diaryl/α,β-unsaturated/α-hetero) is 1. The van der Waals surface area contributed by atoms with Gasteiger partial charge in [0.05, 0.1) is 25.2 Å². The average molecular weight is 671 g/mol. The summed E-state index contributed by atoms with van der Waals surface area (Å²) in [6.45, 7) is 6.65. The zero-order valence-corrected chi connectivity index (χ0v) is 31.7. The number of nitrogens with zero attached hydrogens (tertiary/aromatic N) is 4. The van der Waals surface area contributed by atoms with Gasteiger partial charge in [0, 0.05) is 13.1 Å². The second-order valence-electron chi connectivity index (χ2n) is 10.1. The molecule has 0 bridgehead atoms. The first-order chi connectivity index (χ1) is 21.3. The Morgan fingerprint density at radius 2 is 0.935 bits per heavy atom. The molecule has 0 aromatic heterocycles. The van der Waals surface area contributed by atoms with E-state index in [1.54, 1.807) is 0 Å². The Bertz CT molecular complexity index is 1570. The molecule has 2 aliphatic heterocycles. The first-order valence-corrected chi connectivity index (χ1v) is 14.6. The van der Waals surface area contributed by atoms with E-state index in [2.05, 4.69) is 58.3 Å². The van der Waals surface area contributed by atoms with Gasteiger partial charge in [-0.1, -0.05) is 121 Å². The molecule has 6 rings (SSSR count). The first kappa shape index (κ1) is 41.7. The molecule has 0 amide bonds. The monoisotopic (exact) mass is 670 g/mol. The van der Waals surface area contributed by atoms with Crippen LogP contribution in [0.1, 0.15) is 35.8 Å². The van der Waals surface area contributed by atoms with Crippen molar-refractivity contribution in [3.63, 3.8) is 0 Å². The van der Waals surface area contributed by atoms with Crippen LogP contribution in [-0.2, 0) is 15.4 Å². The van der Waals surface area contributed by atoms with Gasteiger partial charge in [-0.05, 0) is 22.3 Å². The molecule has 2 aliphatic rings. The number of benzene rings is 4. The number of carbonyl (C=O) groups excluding carboxylic acids is 1. The number of likely N-dealkylation sites (tertiary alicyclic amines) is 2. The van der Waals surface area contributed by atoms with Gasteiger partial charge in [-0.15, -0.1) is 12.6 Å². The van der Waals surface area contributed by atoms with E-state index in [0.717, 1.165) is 0 Å². The second-order valence-corrected chi connectivity index (χ2v) is 10.6. The van der Waals surface area contributed by atoms with Gasteiger partial charge in [0.1, 0.15) is 6.07 Å². The zero-order chi connectivity index (χ0) is 32.0. The van der Waals surface area contributed by atoms with E-state index >= 15 is 0 Å². The van der Waals surface area contributed by atoms with Crippen LogP contribution in [0.4, 0.5) is 0 Å². The SMILES string of the molecule is N#CC1(O)CN(C(c2ccccc2)c2ccccc2)C1.O=C1CN(C(c2ccccc2)c2ccccc2)C1.O=S(=O)=O.[C-]#N.[H-].[K+].[Na+]. The van der Waals surface area contributed by atoms with Crippen LogP contribution in [0.15, 0.2) is 121 Å². The number of nitriles is 1. The molecular weight excluding hydrogens is 639 g/mol. The average Bonchev–Trinajstić information content (AvgIpc) is 3.03. The van der Waals surface area contributed by atoms with E-state index in [4.69, 9.17) is 29.7 Å². The standard InChI is InChI=1S/C17H16N2O.C16H15NO.CN.K.Na.O3S.H/c18-11-17(20)12-19(13-17)16(14-7-3-1-4-8-14)15-9-5-2-6-10-15;18-15-11-17(12-15)16(13-7-3-1-4-8-13)14-9-5-2-6-10-14;1-2;;;1-4(2)3;/h1-10,16,20H,12-13H2;1-10,16H,11-12H2;;;;;/q;;-1;2*+1;;-1. The van der Waals surface area contributed by atoms with Crippen LogP contribution in [0, 0.1) is 23.2 Å². The molecule has 0 saturated carbocycles. The van der Waals surface area contributed by atoms with E-state index in [1.807, 2.05) is 78.9 Å². The van der Waals surface area contributed by atoms with Crippen molar-refractivity contribution in [2.24, 2.45) is 0 Å². The summed E-state index contributed by atoms with van der Waals surface area (Å²) < 4.78 is 25.3. The molecular formula is C34H32KN4NaO5S. The van der Waals surface area contributed by atoms with Crippen molar-refractivity contribution >= 4 is 16.4 Å². The Morgan fingerprint density at radius 3 is 1.17 bits per heavy atom.